The average Bonchev–Trinajstić information content (AvgIpc) is 2.33. The van der Waals surface area contributed by atoms with Crippen LogP contribution in [0.2, 0.25) is 10.2 Å². The molecule has 0 spiro atoms. The second-order valence-electron chi connectivity index (χ2n) is 3.18. The van der Waals surface area contributed by atoms with Gasteiger partial charge in [0.1, 0.15) is 5.15 Å². The first-order valence-corrected chi connectivity index (χ1v) is 5.45. The molecule has 2 rings (SSSR count). The van der Waals surface area contributed by atoms with Crippen molar-refractivity contribution in [2.75, 3.05) is 5.32 Å². The van der Waals surface area contributed by atoms with E-state index >= 15 is 0 Å². The smallest absolute Gasteiger partial charge is 0.257 e. The van der Waals surface area contributed by atoms with Crippen LogP contribution in [0.5, 0.6) is 0 Å². The highest BCUT2D eigenvalue weighted by molar-refractivity contribution is 6.35. The molecule has 2 aromatic heterocycles. The Morgan fingerprint density at radius 2 is 1.94 bits per heavy atom. The lowest BCUT2D eigenvalue weighted by atomic mass is 10.2. The van der Waals surface area contributed by atoms with Crippen LogP contribution >= 0.6 is 23.2 Å². The Morgan fingerprint density at radius 3 is 2.65 bits per heavy atom. The third-order valence-corrected chi connectivity index (χ3v) is 2.51. The van der Waals surface area contributed by atoms with Crippen molar-refractivity contribution in [2.24, 2.45) is 0 Å². The Hall–Kier alpha value is -1.65. The van der Waals surface area contributed by atoms with Crippen molar-refractivity contribution in [1.82, 2.24) is 9.97 Å². The van der Waals surface area contributed by atoms with Crippen LogP contribution < -0.4 is 5.32 Å². The van der Waals surface area contributed by atoms with Gasteiger partial charge in [0.2, 0.25) is 0 Å². The Kier molecular flexibility index (Phi) is 3.56. The van der Waals surface area contributed by atoms with Gasteiger partial charge in [0.15, 0.2) is 0 Å². The van der Waals surface area contributed by atoms with Crippen molar-refractivity contribution in [1.29, 1.82) is 0 Å². The molecule has 17 heavy (non-hydrogen) atoms. The van der Waals surface area contributed by atoms with Gasteiger partial charge in [-0.1, -0.05) is 23.2 Å². The number of nitrogens with one attached hydrogen (secondary N) is 1. The lowest BCUT2D eigenvalue weighted by molar-refractivity contribution is 0.102. The topological polar surface area (TPSA) is 54.9 Å². The summed E-state index contributed by atoms with van der Waals surface area (Å²) in [4.78, 5) is 19.5. The first kappa shape index (κ1) is 11.8. The van der Waals surface area contributed by atoms with Gasteiger partial charge >= 0.3 is 0 Å². The van der Waals surface area contributed by atoms with E-state index in [-0.39, 0.29) is 21.6 Å². The number of nitrogens with zero attached hydrogens (tertiary/aromatic N) is 2. The van der Waals surface area contributed by atoms with Crippen molar-refractivity contribution in [3.05, 3.63) is 52.5 Å². The summed E-state index contributed by atoms with van der Waals surface area (Å²) in [5.74, 6) is -0.342. The molecule has 0 fully saturated rings. The highest BCUT2D eigenvalue weighted by Crippen LogP contribution is 2.19. The monoisotopic (exact) mass is 267 g/mol. The number of carbonyl (C=O) groups excluding carboxylic acids is 1. The van der Waals surface area contributed by atoms with Crippen molar-refractivity contribution >= 4 is 34.8 Å². The summed E-state index contributed by atoms with van der Waals surface area (Å²) in [5, 5.41) is 3.14. The van der Waals surface area contributed by atoms with E-state index in [4.69, 9.17) is 23.2 Å². The molecule has 86 valence electrons. The molecule has 0 aromatic carbocycles. The maximum atomic E-state index is 11.9. The molecule has 1 N–H and O–H groups in total. The van der Waals surface area contributed by atoms with Gasteiger partial charge in [0.25, 0.3) is 5.91 Å². The second-order valence-corrected chi connectivity index (χ2v) is 3.97. The van der Waals surface area contributed by atoms with E-state index in [2.05, 4.69) is 15.3 Å². The first-order chi connectivity index (χ1) is 8.16. The molecule has 0 saturated heterocycles. The van der Waals surface area contributed by atoms with Crippen LogP contribution in [0, 0.1) is 0 Å². The molecule has 0 aliphatic carbocycles. The summed E-state index contributed by atoms with van der Waals surface area (Å²) >= 11 is 11.6. The standard InChI is InChI=1S/C11H7Cl2N3O/c12-9-6-15-10(13)5-8(9)11(17)16-7-1-3-14-4-2-7/h1-6H,(H,14,16,17). The van der Waals surface area contributed by atoms with Gasteiger partial charge in [-0.15, -0.1) is 0 Å². The third kappa shape index (κ3) is 2.93. The number of anilines is 1. The average molecular weight is 268 g/mol. The highest BCUT2D eigenvalue weighted by Gasteiger charge is 2.11. The van der Waals surface area contributed by atoms with Crippen LogP contribution in [0.3, 0.4) is 0 Å². The van der Waals surface area contributed by atoms with Crippen molar-refractivity contribution in [3.8, 4) is 0 Å². The third-order valence-electron chi connectivity index (χ3n) is 2.00. The largest absolute Gasteiger partial charge is 0.322 e. The zero-order chi connectivity index (χ0) is 12.3. The Labute approximate surface area is 108 Å². The van der Waals surface area contributed by atoms with Crippen molar-refractivity contribution in [3.63, 3.8) is 0 Å². The number of halogens is 2. The summed E-state index contributed by atoms with van der Waals surface area (Å²) in [6.07, 6.45) is 4.50. The van der Waals surface area contributed by atoms with Crippen molar-refractivity contribution < 1.29 is 4.79 Å². The van der Waals surface area contributed by atoms with E-state index in [0.717, 1.165) is 0 Å². The maximum absolute atomic E-state index is 11.9. The summed E-state index contributed by atoms with van der Waals surface area (Å²) in [6, 6.07) is 4.77. The Morgan fingerprint density at radius 1 is 1.24 bits per heavy atom. The van der Waals surface area contributed by atoms with E-state index in [9.17, 15) is 4.79 Å². The van der Waals surface area contributed by atoms with Gasteiger partial charge in [-0.05, 0) is 18.2 Å². The molecule has 2 heterocycles. The zero-order valence-corrected chi connectivity index (χ0v) is 10.0. The van der Waals surface area contributed by atoms with Crippen molar-refractivity contribution in [2.45, 2.75) is 0 Å². The van der Waals surface area contributed by atoms with Gasteiger partial charge in [-0.2, -0.15) is 0 Å². The normalized spacial score (nSPS) is 10.0. The molecule has 0 aliphatic rings. The van der Waals surface area contributed by atoms with Gasteiger partial charge in [-0.3, -0.25) is 9.78 Å². The number of aromatic nitrogens is 2. The lowest BCUT2D eigenvalue weighted by Crippen LogP contribution is -2.12. The van der Waals surface area contributed by atoms with Gasteiger partial charge in [0, 0.05) is 24.3 Å². The van der Waals surface area contributed by atoms with E-state index in [1.165, 1.54) is 12.3 Å². The molecule has 0 atom stereocenters. The van der Waals surface area contributed by atoms with Crippen LogP contribution in [0.15, 0.2) is 36.8 Å². The fourth-order valence-electron chi connectivity index (χ4n) is 1.22. The number of rotatable bonds is 2. The lowest BCUT2D eigenvalue weighted by Gasteiger charge is -2.06. The number of hydrogen-bond acceptors (Lipinski definition) is 3. The minimum atomic E-state index is -0.342. The van der Waals surface area contributed by atoms with E-state index < -0.39 is 0 Å². The molecule has 0 bridgehead atoms. The molecule has 4 nitrogen and oxygen atoms in total. The molecule has 2 aromatic rings. The summed E-state index contributed by atoms with van der Waals surface area (Å²) < 4.78 is 0. The molecule has 0 aliphatic heterocycles. The molecule has 1 amide bonds. The predicted octanol–water partition coefficient (Wildman–Crippen LogP) is 3.04. The Balaban J connectivity index is 2.23. The molecular formula is C11H7Cl2N3O. The van der Waals surface area contributed by atoms with Crippen LogP contribution in [-0.2, 0) is 0 Å². The molecule has 0 radical (unpaired) electrons. The molecule has 6 heteroatoms. The maximum Gasteiger partial charge on any atom is 0.257 e. The summed E-state index contributed by atoms with van der Waals surface area (Å²) in [5.41, 5.74) is 0.914. The fourth-order valence-corrected chi connectivity index (χ4v) is 1.57. The SMILES string of the molecule is O=C(Nc1ccncc1)c1cc(Cl)ncc1Cl. The van der Waals surface area contributed by atoms with Crippen LogP contribution in [-0.4, -0.2) is 15.9 Å². The zero-order valence-electron chi connectivity index (χ0n) is 8.52. The molecule has 0 unspecified atom stereocenters. The number of pyridine rings is 2. The predicted molar refractivity (Wildman–Crippen MR) is 66.4 cm³/mol. The van der Waals surface area contributed by atoms with E-state index in [1.807, 2.05) is 0 Å². The molecular weight excluding hydrogens is 261 g/mol. The van der Waals surface area contributed by atoms with Crippen LogP contribution in [0.4, 0.5) is 5.69 Å². The summed E-state index contributed by atoms with van der Waals surface area (Å²) in [6.45, 7) is 0. The van der Waals surface area contributed by atoms with Crippen LogP contribution in [0.25, 0.3) is 0 Å². The minimum Gasteiger partial charge on any atom is -0.322 e. The van der Waals surface area contributed by atoms with Gasteiger partial charge < -0.3 is 5.32 Å². The highest BCUT2D eigenvalue weighted by atomic mass is 35.5. The Bertz CT molecular complexity index is 546. The first-order valence-electron chi connectivity index (χ1n) is 4.69. The van der Waals surface area contributed by atoms with Gasteiger partial charge in [0.05, 0.1) is 10.6 Å². The second kappa shape index (κ2) is 5.12. The number of amides is 1. The number of hydrogen-bond donors (Lipinski definition) is 1. The molecule has 0 saturated carbocycles. The van der Waals surface area contributed by atoms with Gasteiger partial charge in [-0.25, -0.2) is 4.98 Å². The van der Waals surface area contributed by atoms with E-state index in [0.29, 0.717) is 5.69 Å². The summed E-state index contributed by atoms with van der Waals surface area (Å²) in [7, 11) is 0. The minimum absolute atomic E-state index is 0.217. The quantitative estimate of drug-likeness (QED) is 0.851. The fraction of sp³-hybridized carbons (Fsp3) is 0. The number of carbonyl (C=O) groups is 1. The van der Waals surface area contributed by atoms with E-state index in [1.54, 1.807) is 24.5 Å². The van der Waals surface area contributed by atoms with Crippen LogP contribution in [0.1, 0.15) is 10.4 Å².